The lowest BCUT2D eigenvalue weighted by molar-refractivity contribution is -0.129. The van der Waals surface area contributed by atoms with Crippen molar-refractivity contribution in [2.24, 2.45) is 4.99 Å². The van der Waals surface area contributed by atoms with Gasteiger partial charge in [0, 0.05) is 17.1 Å². The first-order valence-electron chi connectivity index (χ1n) is 11.2. The molecular weight excluding hydrogens is 518 g/mol. The Morgan fingerprint density at radius 3 is 2.51 bits per heavy atom. The fourth-order valence-corrected chi connectivity index (χ4v) is 4.99. The first-order chi connectivity index (χ1) is 17.9. The highest BCUT2D eigenvalue weighted by molar-refractivity contribution is 8.15. The zero-order valence-corrected chi connectivity index (χ0v) is 20.8. The van der Waals surface area contributed by atoms with Gasteiger partial charge in [0.25, 0.3) is 0 Å². The molecule has 2 heterocycles. The second-order valence-electron chi connectivity index (χ2n) is 8.22. The molecule has 5 rings (SSSR count). The molecule has 2 aliphatic rings. The number of anilines is 1. The van der Waals surface area contributed by atoms with Crippen molar-refractivity contribution in [2.45, 2.75) is 18.2 Å². The Labute approximate surface area is 221 Å². The van der Waals surface area contributed by atoms with E-state index >= 15 is 0 Å². The van der Waals surface area contributed by atoms with E-state index in [1.54, 1.807) is 35.2 Å². The number of benzene rings is 3. The molecule has 1 fully saturated rings. The molecular formula is C26H20ClN3O6S. The van der Waals surface area contributed by atoms with Gasteiger partial charge in [-0.05, 0) is 66.2 Å². The molecule has 1 atom stereocenters. The van der Waals surface area contributed by atoms with Crippen molar-refractivity contribution in [3.05, 3.63) is 82.9 Å². The Hall–Kier alpha value is -4.02. The normalized spacial score (nSPS) is 17.6. The maximum Gasteiger partial charge on any atom is 0.335 e. The summed E-state index contributed by atoms with van der Waals surface area (Å²) in [5.41, 5.74) is 1.95. The molecule has 2 amide bonds. The molecule has 188 valence electrons. The Bertz CT molecular complexity index is 1390. The molecule has 1 saturated heterocycles. The summed E-state index contributed by atoms with van der Waals surface area (Å²) in [5.74, 6) is -0.446. The lowest BCUT2D eigenvalue weighted by atomic mass is 10.1. The number of nitrogens with zero attached hydrogens (tertiary/aromatic N) is 2. The van der Waals surface area contributed by atoms with E-state index in [0.29, 0.717) is 33.1 Å². The second-order valence-corrected chi connectivity index (χ2v) is 9.83. The van der Waals surface area contributed by atoms with Crippen LogP contribution in [0.2, 0.25) is 5.02 Å². The third-order valence-electron chi connectivity index (χ3n) is 5.66. The first kappa shape index (κ1) is 24.7. The van der Waals surface area contributed by atoms with E-state index in [9.17, 15) is 14.4 Å². The molecule has 3 aromatic rings. The predicted octanol–water partition coefficient (Wildman–Crippen LogP) is 4.93. The maximum atomic E-state index is 13.3. The van der Waals surface area contributed by atoms with Gasteiger partial charge in [-0.2, -0.15) is 0 Å². The Morgan fingerprint density at radius 2 is 1.78 bits per heavy atom. The van der Waals surface area contributed by atoms with Crippen LogP contribution in [0, 0.1) is 0 Å². The van der Waals surface area contributed by atoms with Gasteiger partial charge in [-0.3, -0.25) is 14.5 Å². The number of carboxylic acid groups (broad SMARTS) is 1. The molecule has 2 aliphatic heterocycles. The van der Waals surface area contributed by atoms with Crippen molar-refractivity contribution in [1.82, 2.24) is 4.90 Å². The third kappa shape index (κ3) is 5.71. The van der Waals surface area contributed by atoms with Gasteiger partial charge in [-0.15, -0.1) is 0 Å². The van der Waals surface area contributed by atoms with Crippen LogP contribution in [0.25, 0.3) is 0 Å². The first-order valence-corrected chi connectivity index (χ1v) is 12.5. The smallest absolute Gasteiger partial charge is 0.335 e. The van der Waals surface area contributed by atoms with Crippen molar-refractivity contribution in [1.29, 1.82) is 0 Å². The van der Waals surface area contributed by atoms with Crippen LogP contribution in [0.4, 0.5) is 11.4 Å². The van der Waals surface area contributed by atoms with Crippen molar-refractivity contribution in [3.63, 3.8) is 0 Å². The van der Waals surface area contributed by atoms with E-state index in [1.165, 1.54) is 36.0 Å². The summed E-state index contributed by atoms with van der Waals surface area (Å²) in [5, 5.41) is 12.0. The summed E-state index contributed by atoms with van der Waals surface area (Å²) in [4.78, 5) is 43.6. The number of carboxylic acids is 1. The number of nitrogens with one attached hydrogen (secondary N) is 1. The Kier molecular flexibility index (Phi) is 7.02. The van der Waals surface area contributed by atoms with Gasteiger partial charge in [0.1, 0.15) is 5.25 Å². The molecule has 0 radical (unpaired) electrons. The molecule has 0 aromatic heterocycles. The molecule has 0 bridgehead atoms. The van der Waals surface area contributed by atoms with Gasteiger partial charge in [-0.1, -0.05) is 29.4 Å². The van der Waals surface area contributed by atoms with E-state index in [-0.39, 0.29) is 37.1 Å². The zero-order chi connectivity index (χ0) is 25.9. The number of aromatic carboxylic acids is 1. The van der Waals surface area contributed by atoms with Crippen LogP contribution in [0.5, 0.6) is 11.5 Å². The number of carbonyl (C=O) groups is 3. The summed E-state index contributed by atoms with van der Waals surface area (Å²) in [6.45, 7) is 0.385. The number of ether oxygens (including phenoxy) is 2. The second kappa shape index (κ2) is 10.5. The number of hydrogen-bond donors (Lipinski definition) is 2. The van der Waals surface area contributed by atoms with Gasteiger partial charge < -0.3 is 19.9 Å². The molecule has 2 N–H and O–H groups in total. The molecule has 9 nitrogen and oxygen atoms in total. The van der Waals surface area contributed by atoms with Crippen LogP contribution in [0.1, 0.15) is 22.3 Å². The Morgan fingerprint density at radius 1 is 1.05 bits per heavy atom. The summed E-state index contributed by atoms with van der Waals surface area (Å²) in [6.07, 6.45) is -0.0338. The standard InChI is InChI=1S/C26H20ClN3O6S/c27-17-4-8-19(9-5-17)29-26-30(13-15-1-10-20-21(11-15)36-14-35-20)23(31)12-22(37-26)24(32)28-18-6-2-16(3-7-18)25(33)34/h1-11,22H,12-14H2,(H,28,32)(H,33,34)/t22-/m0/s1. The number of aliphatic imine (C=N–C) groups is 1. The summed E-state index contributed by atoms with van der Waals surface area (Å²) >= 11 is 7.19. The molecule has 0 unspecified atom stereocenters. The van der Waals surface area contributed by atoms with E-state index < -0.39 is 11.2 Å². The van der Waals surface area contributed by atoms with Crippen LogP contribution in [0.3, 0.4) is 0 Å². The van der Waals surface area contributed by atoms with Crippen molar-refractivity contribution >= 4 is 57.7 Å². The van der Waals surface area contributed by atoms with Crippen molar-refractivity contribution < 1.29 is 29.0 Å². The van der Waals surface area contributed by atoms with E-state index in [4.69, 9.17) is 26.2 Å². The number of amidine groups is 1. The Balaban J connectivity index is 1.38. The average molecular weight is 538 g/mol. The minimum absolute atomic E-state index is 0.0338. The van der Waals surface area contributed by atoms with Crippen LogP contribution in [-0.2, 0) is 16.1 Å². The number of halogens is 1. The SMILES string of the molecule is O=C(O)c1ccc(NC(=O)[C@@H]2CC(=O)N(Cc3ccc4c(c3)OCO4)C(=Nc3ccc(Cl)cc3)S2)cc1. The van der Waals surface area contributed by atoms with E-state index in [1.807, 2.05) is 12.1 Å². The lowest BCUT2D eigenvalue weighted by Crippen LogP contribution is -2.44. The fourth-order valence-electron chi connectivity index (χ4n) is 3.76. The number of fused-ring (bicyclic) bond motifs is 1. The number of carbonyl (C=O) groups excluding carboxylic acids is 2. The van der Waals surface area contributed by atoms with E-state index in [0.717, 1.165) is 5.56 Å². The molecule has 0 aliphatic carbocycles. The van der Waals surface area contributed by atoms with Gasteiger partial charge in [-0.25, -0.2) is 9.79 Å². The monoisotopic (exact) mass is 537 g/mol. The van der Waals surface area contributed by atoms with Crippen molar-refractivity contribution in [2.75, 3.05) is 12.1 Å². The quantitative estimate of drug-likeness (QED) is 0.458. The summed E-state index contributed by atoms with van der Waals surface area (Å²) in [6, 6.07) is 18.1. The number of amides is 2. The van der Waals surface area contributed by atoms with Crippen LogP contribution in [0.15, 0.2) is 71.7 Å². The number of thioether (sulfide) groups is 1. The minimum atomic E-state index is -1.06. The van der Waals surface area contributed by atoms with E-state index in [2.05, 4.69) is 10.3 Å². The van der Waals surface area contributed by atoms with Gasteiger partial charge in [0.2, 0.25) is 18.6 Å². The van der Waals surface area contributed by atoms with Crippen LogP contribution < -0.4 is 14.8 Å². The van der Waals surface area contributed by atoms with Gasteiger partial charge >= 0.3 is 5.97 Å². The zero-order valence-electron chi connectivity index (χ0n) is 19.2. The van der Waals surface area contributed by atoms with Crippen LogP contribution >= 0.6 is 23.4 Å². The highest BCUT2D eigenvalue weighted by Crippen LogP contribution is 2.35. The molecule has 3 aromatic carbocycles. The fraction of sp³-hybridized carbons (Fsp3) is 0.154. The summed E-state index contributed by atoms with van der Waals surface area (Å²) < 4.78 is 10.8. The van der Waals surface area contributed by atoms with Crippen molar-refractivity contribution in [3.8, 4) is 11.5 Å². The summed E-state index contributed by atoms with van der Waals surface area (Å²) in [7, 11) is 0. The lowest BCUT2D eigenvalue weighted by Gasteiger charge is -2.32. The average Bonchev–Trinajstić information content (AvgIpc) is 3.35. The molecule has 0 saturated carbocycles. The molecule has 11 heteroatoms. The predicted molar refractivity (Wildman–Crippen MR) is 140 cm³/mol. The highest BCUT2D eigenvalue weighted by atomic mass is 35.5. The number of hydrogen-bond acceptors (Lipinski definition) is 7. The maximum absolute atomic E-state index is 13.3. The van der Waals surface area contributed by atoms with Crippen LogP contribution in [-0.4, -0.2) is 45.0 Å². The topological polar surface area (TPSA) is 118 Å². The minimum Gasteiger partial charge on any atom is -0.478 e. The third-order valence-corrected chi connectivity index (χ3v) is 7.10. The molecule has 37 heavy (non-hydrogen) atoms. The highest BCUT2D eigenvalue weighted by Gasteiger charge is 2.36. The number of rotatable bonds is 6. The van der Waals surface area contributed by atoms with Gasteiger partial charge in [0.15, 0.2) is 16.7 Å². The molecule has 0 spiro atoms. The largest absolute Gasteiger partial charge is 0.478 e. The van der Waals surface area contributed by atoms with Gasteiger partial charge in [0.05, 0.1) is 17.8 Å².